The summed E-state index contributed by atoms with van der Waals surface area (Å²) in [4.78, 5) is 16.5. The van der Waals surface area contributed by atoms with Crippen molar-refractivity contribution in [1.29, 1.82) is 0 Å². The monoisotopic (exact) mass is 286 g/mol. The topological polar surface area (TPSA) is 60.5 Å². The van der Waals surface area contributed by atoms with E-state index in [0.717, 1.165) is 5.56 Å². The number of carbonyl (C=O) groups is 1. The fourth-order valence-corrected chi connectivity index (χ4v) is 1.96. The van der Waals surface area contributed by atoms with Crippen molar-refractivity contribution >= 4 is 11.6 Å². The second kappa shape index (κ2) is 7.40. The highest BCUT2D eigenvalue weighted by molar-refractivity contribution is 5.95. The molecule has 1 heterocycles. The van der Waals surface area contributed by atoms with E-state index in [9.17, 15) is 4.79 Å². The molecule has 0 saturated heterocycles. The maximum Gasteiger partial charge on any atom is 0.258 e. The lowest BCUT2D eigenvalue weighted by molar-refractivity contribution is -0.126. The van der Waals surface area contributed by atoms with Gasteiger partial charge in [0, 0.05) is 13.3 Å². The number of nitrogens with one attached hydrogen (secondary N) is 1. The number of hydrogen-bond acceptors (Lipinski definition) is 4. The van der Waals surface area contributed by atoms with Crippen LogP contribution in [0.2, 0.25) is 0 Å². The number of nitrogens with zero attached hydrogens (tertiary/aromatic N) is 1. The Kier molecular flexibility index (Phi) is 5.29. The van der Waals surface area contributed by atoms with Crippen molar-refractivity contribution in [3.05, 3.63) is 54.2 Å². The first-order valence-electron chi connectivity index (χ1n) is 6.72. The van der Waals surface area contributed by atoms with Crippen LogP contribution in [0.4, 0.5) is 5.69 Å². The second-order valence-electron chi connectivity index (χ2n) is 4.30. The molecule has 21 heavy (non-hydrogen) atoms. The zero-order valence-corrected chi connectivity index (χ0v) is 12.1. The predicted octanol–water partition coefficient (Wildman–Crippen LogP) is 2.81. The van der Waals surface area contributed by atoms with Crippen LogP contribution in [0.1, 0.15) is 18.6 Å². The van der Waals surface area contributed by atoms with Gasteiger partial charge in [-0.2, -0.15) is 0 Å². The molecule has 1 N–H and O–H groups in total. The number of methoxy groups -OCH3 is 1. The summed E-state index contributed by atoms with van der Waals surface area (Å²) in [6, 6.07) is 12.8. The van der Waals surface area contributed by atoms with Crippen LogP contribution < -0.4 is 10.1 Å². The zero-order valence-electron chi connectivity index (χ0n) is 12.1. The molecule has 0 bridgehead atoms. The maximum absolute atomic E-state index is 12.4. The van der Waals surface area contributed by atoms with Crippen LogP contribution in [0.15, 0.2) is 48.7 Å². The van der Waals surface area contributed by atoms with E-state index in [-0.39, 0.29) is 5.91 Å². The smallest absolute Gasteiger partial charge is 0.258 e. The highest BCUT2D eigenvalue weighted by Crippen LogP contribution is 2.24. The van der Waals surface area contributed by atoms with E-state index < -0.39 is 6.10 Å². The zero-order chi connectivity index (χ0) is 15.1. The molecule has 0 saturated carbocycles. The number of benzene rings is 1. The fraction of sp³-hybridized carbons (Fsp3) is 0.250. The van der Waals surface area contributed by atoms with Gasteiger partial charge in [0.2, 0.25) is 5.88 Å². The minimum Gasteiger partial charge on any atom is -0.476 e. The van der Waals surface area contributed by atoms with Gasteiger partial charge in [-0.3, -0.25) is 4.79 Å². The summed E-state index contributed by atoms with van der Waals surface area (Å²) in [5, 5.41) is 2.79. The van der Waals surface area contributed by atoms with Crippen LogP contribution >= 0.6 is 0 Å². The summed E-state index contributed by atoms with van der Waals surface area (Å²) in [5.41, 5.74) is 1.32. The van der Waals surface area contributed by atoms with Gasteiger partial charge in [0.15, 0.2) is 6.10 Å². The highest BCUT2D eigenvalue weighted by atomic mass is 16.5. The van der Waals surface area contributed by atoms with Crippen LogP contribution in [-0.2, 0) is 9.53 Å². The van der Waals surface area contributed by atoms with Gasteiger partial charge in [0.05, 0.1) is 6.61 Å². The molecule has 5 nitrogen and oxygen atoms in total. The molecule has 0 spiro atoms. The van der Waals surface area contributed by atoms with Crippen molar-refractivity contribution in [2.24, 2.45) is 0 Å². The molecule has 0 fully saturated rings. The molecule has 110 valence electrons. The van der Waals surface area contributed by atoms with Crippen LogP contribution in [0.3, 0.4) is 0 Å². The summed E-state index contributed by atoms with van der Waals surface area (Å²) < 4.78 is 10.7. The van der Waals surface area contributed by atoms with Crippen LogP contribution in [-0.4, -0.2) is 24.6 Å². The number of pyridine rings is 1. The van der Waals surface area contributed by atoms with Crippen molar-refractivity contribution in [2.45, 2.75) is 13.0 Å². The molecular formula is C16H18N2O3. The molecule has 1 amide bonds. The van der Waals surface area contributed by atoms with Crippen LogP contribution in [0.25, 0.3) is 0 Å². The standard InChI is InChI=1S/C16H18N2O3/c1-3-21-16-13(10-7-11-17-16)18-15(19)14(20-2)12-8-5-4-6-9-12/h4-11,14H,3H2,1-2H3,(H,18,19). The van der Waals surface area contributed by atoms with Gasteiger partial charge in [-0.15, -0.1) is 0 Å². The van der Waals surface area contributed by atoms with Gasteiger partial charge >= 0.3 is 0 Å². The third-order valence-electron chi connectivity index (χ3n) is 2.89. The first kappa shape index (κ1) is 15.0. The molecule has 0 aliphatic carbocycles. The molecule has 0 aliphatic heterocycles. The van der Waals surface area contributed by atoms with Gasteiger partial charge in [-0.05, 0) is 24.6 Å². The second-order valence-corrected chi connectivity index (χ2v) is 4.30. The lowest BCUT2D eigenvalue weighted by Crippen LogP contribution is -2.23. The number of carbonyl (C=O) groups excluding carboxylic acids is 1. The average molecular weight is 286 g/mol. The molecule has 2 aromatic rings. The molecular weight excluding hydrogens is 268 g/mol. The molecule has 0 radical (unpaired) electrons. The lowest BCUT2D eigenvalue weighted by Gasteiger charge is -2.16. The largest absolute Gasteiger partial charge is 0.476 e. The van der Waals surface area contributed by atoms with Gasteiger partial charge in [-0.1, -0.05) is 30.3 Å². The molecule has 0 aliphatic rings. The van der Waals surface area contributed by atoms with Gasteiger partial charge in [-0.25, -0.2) is 4.98 Å². The summed E-state index contributed by atoms with van der Waals surface area (Å²) in [6.07, 6.45) is 0.937. The summed E-state index contributed by atoms with van der Waals surface area (Å²) >= 11 is 0. The van der Waals surface area contributed by atoms with E-state index in [1.165, 1.54) is 7.11 Å². The number of anilines is 1. The molecule has 5 heteroatoms. The Balaban J connectivity index is 2.17. The fourth-order valence-electron chi connectivity index (χ4n) is 1.96. The first-order chi connectivity index (χ1) is 10.3. The van der Waals surface area contributed by atoms with E-state index >= 15 is 0 Å². The quantitative estimate of drug-likeness (QED) is 0.887. The van der Waals surface area contributed by atoms with Crippen molar-refractivity contribution in [3.63, 3.8) is 0 Å². The average Bonchev–Trinajstić information content (AvgIpc) is 2.51. The minimum absolute atomic E-state index is 0.266. The Morgan fingerprint density at radius 2 is 2.00 bits per heavy atom. The third-order valence-corrected chi connectivity index (χ3v) is 2.89. The Morgan fingerprint density at radius 3 is 2.67 bits per heavy atom. The van der Waals surface area contributed by atoms with Gasteiger partial charge < -0.3 is 14.8 Å². The van der Waals surface area contributed by atoms with Crippen molar-refractivity contribution < 1.29 is 14.3 Å². The number of hydrogen-bond donors (Lipinski definition) is 1. The molecule has 1 atom stereocenters. The third kappa shape index (κ3) is 3.79. The Hall–Kier alpha value is -2.40. The van der Waals surface area contributed by atoms with Crippen LogP contribution in [0.5, 0.6) is 5.88 Å². The SMILES string of the molecule is CCOc1ncccc1NC(=O)C(OC)c1ccccc1. The van der Waals surface area contributed by atoms with Crippen LogP contribution in [0, 0.1) is 0 Å². The Morgan fingerprint density at radius 1 is 1.24 bits per heavy atom. The molecule has 1 aromatic heterocycles. The number of aromatic nitrogens is 1. The predicted molar refractivity (Wildman–Crippen MR) is 80.2 cm³/mol. The van der Waals surface area contributed by atoms with Crippen molar-refractivity contribution in [2.75, 3.05) is 19.0 Å². The molecule has 1 aromatic carbocycles. The number of rotatable bonds is 6. The van der Waals surface area contributed by atoms with Gasteiger partial charge in [0.25, 0.3) is 5.91 Å². The summed E-state index contributed by atoms with van der Waals surface area (Å²) in [5.74, 6) is 0.133. The molecule has 1 unspecified atom stereocenters. The Labute approximate surface area is 123 Å². The van der Waals surface area contributed by atoms with E-state index in [1.807, 2.05) is 37.3 Å². The van der Waals surface area contributed by atoms with Gasteiger partial charge in [0.1, 0.15) is 5.69 Å². The number of amides is 1. The number of ether oxygens (including phenoxy) is 2. The van der Waals surface area contributed by atoms with E-state index in [1.54, 1.807) is 18.3 Å². The maximum atomic E-state index is 12.4. The minimum atomic E-state index is -0.680. The van der Waals surface area contributed by atoms with E-state index in [0.29, 0.717) is 18.2 Å². The first-order valence-corrected chi connectivity index (χ1v) is 6.72. The highest BCUT2D eigenvalue weighted by Gasteiger charge is 2.21. The lowest BCUT2D eigenvalue weighted by atomic mass is 10.1. The Bertz CT molecular complexity index is 587. The van der Waals surface area contributed by atoms with Crippen molar-refractivity contribution in [1.82, 2.24) is 4.98 Å². The van der Waals surface area contributed by atoms with Crippen molar-refractivity contribution in [3.8, 4) is 5.88 Å². The normalized spacial score (nSPS) is 11.7. The van der Waals surface area contributed by atoms with E-state index in [2.05, 4.69) is 10.3 Å². The summed E-state index contributed by atoms with van der Waals surface area (Å²) in [6.45, 7) is 2.34. The summed E-state index contributed by atoms with van der Waals surface area (Å²) in [7, 11) is 1.50. The molecule has 2 rings (SSSR count). The van der Waals surface area contributed by atoms with E-state index in [4.69, 9.17) is 9.47 Å².